The molecule has 0 bridgehead atoms. The van der Waals surface area contributed by atoms with Crippen LogP contribution >= 0.6 is 24.8 Å². The molecule has 1 N–H and O–H groups in total. The average Bonchev–Trinajstić information content (AvgIpc) is 2.65. The molecule has 0 spiro atoms. The average molecular weight is 315 g/mol. The Labute approximate surface area is 122 Å². The van der Waals surface area contributed by atoms with E-state index in [0.29, 0.717) is 12.1 Å². The minimum atomic E-state index is -4.24. The first-order valence-corrected chi connectivity index (χ1v) is 5.71. The number of nitrogens with one attached hydrogen (secondary N) is 1. The number of piperazine rings is 1. The Morgan fingerprint density at radius 3 is 2.63 bits per heavy atom. The molecule has 2 nitrogen and oxygen atoms in total. The number of alkyl halides is 3. The monoisotopic (exact) mass is 314 g/mol. The smallest absolute Gasteiger partial charge is 0.314 e. The summed E-state index contributed by atoms with van der Waals surface area (Å²) in [4.78, 5) is 2.12. The van der Waals surface area contributed by atoms with Gasteiger partial charge in [0.15, 0.2) is 0 Å². The highest BCUT2D eigenvalue weighted by Gasteiger charge is 2.40. The van der Waals surface area contributed by atoms with Crippen LogP contribution in [0.3, 0.4) is 0 Å². The summed E-state index contributed by atoms with van der Waals surface area (Å²) in [7, 11) is 0. The fraction of sp³-hybridized carbons (Fsp3) is 0.500. The number of hydrogen-bond donors (Lipinski definition) is 1. The number of fused-ring (bicyclic) bond motifs is 3. The van der Waals surface area contributed by atoms with E-state index in [0.717, 1.165) is 25.2 Å². The second-order valence-electron chi connectivity index (χ2n) is 4.56. The summed E-state index contributed by atoms with van der Waals surface area (Å²) in [6.07, 6.45) is -4.24. The first kappa shape index (κ1) is 16.6. The number of nitrogens with zero attached hydrogens (tertiary/aromatic N) is 1. The Kier molecular flexibility index (Phi) is 5.12. The number of hydrogen-bond acceptors (Lipinski definition) is 2. The van der Waals surface area contributed by atoms with Gasteiger partial charge in [0.25, 0.3) is 0 Å². The van der Waals surface area contributed by atoms with Gasteiger partial charge >= 0.3 is 6.18 Å². The van der Waals surface area contributed by atoms with Crippen LogP contribution < -0.4 is 5.32 Å². The first-order chi connectivity index (χ1) is 8.07. The van der Waals surface area contributed by atoms with Crippen LogP contribution in [0.25, 0.3) is 0 Å². The molecular formula is C12H15Cl2F3N2. The van der Waals surface area contributed by atoms with Crippen LogP contribution in [0, 0.1) is 0 Å². The predicted octanol–water partition coefficient (Wildman–Crippen LogP) is 3.01. The zero-order chi connectivity index (χ0) is 12.0. The van der Waals surface area contributed by atoms with Gasteiger partial charge < -0.3 is 5.32 Å². The lowest BCUT2D eigenvalue weighted by atomic mass is 9.99. The third-order valence-corrected chi connectivity index (χ3v) is 3.59. The quantitative estimate of drug-likeness (QED) is 0.792. The maximum Gasteiger partial charge on any atom is 0.416 e. The highest BCUT2D eigenvalue weighted by atomic mass is 35.5. The molecule has 1 saturated heterocycles. The fourth-order valence-electron chi connectivity index (χ4n) is 2.80. The van der Waals surface area contributed by atoms with Crippen molar-refractivity contribution in [3.05, 3.63) is 34.9 Å². The van der Waals surface area contributed by atoms with Crippen LogP contribution in [-0.2, 0) is 12.7 Å². The minimum absolute atomic E-state index is 0. The van der Waals surface area contributed by atoms with E-state index in [-0.39, 0.29) is 30.9 Å². The van der Waals surface area contributed by atoms with Crippen LogP contribution in [0.4, 0.5) is 13.2 Å². The molecule has 19 heavy (non-hydrogen) atoms. The van der Waals surface area contributed by atoms with E-state index in [4.69, 9.17) is 0 Å². The molecule has 2 heterocycles. The van der Waals surface area contributed by atoms with Crippen LogP contribution in [0.15, 0.2) is 18.2 Å². The summed E-state index contributed by atoms with van der Waals surface area (Å²) < 4.78 is 38.7. The molecule has 1 aromatic rings. The van der Waals surface area contributed by atoms with E-state index >= 15 is 0 Å². The molecule has 0 aromatic heterocycles. The van der Waals surface area contributed by atoms with Crippen LogP contribution in [-0.4, -0.2) is 24.5 Å². The summed E-state index contributed by atoms with van der Waals surface area (Å²) in [5.41, 5.74) is 0.838. The molecule has 3 rings (SSSR count). The Morgan fingerprint density at radius 2 is 1.95 bits per heavy atom. The van der Waals surface area contributed by atoms with Crippen LogP contribution in [0.5, 0.6) is 0 Å². The molecule has 1 fully saturated rings. The second kappa shape index (κ2) is 5.87. The molecule has 0 saturated carbocycles. The molecule has 1 aromatic carbocycles. The summed E-state index contributed by atoms with van der Waals surface area (Å²) in [6.45, 7) is 2.84. The topological polar surface area (TPSA) is 15.3 Å². The predicted molar refractivity (Wildman–Crippen MR) is 72.0 cm³/mol. The largest absolute Gasteiger partial charge is 0.416 e. The SMILES string of the molecule is Cl.Cl.FC(F)(F)c1cccc2c1CN1CCNC[C@H]21. The Balaban J connectivity index is 0.000000902. The Morgan fingerprint density at radius 1 is 1.21 bits per heavy atom. The van der Waals surface area contributed by atoms with Gasteiger partial charge in [0.1, 0.15) is 0 Å². The number of rotatable bonds is 0. The standard InChI is InChI=1S/C12H13F3N2.2ClH/c13-12(14,15)10-3-1-2-8-9(10)7-17-5-4-16-6-11(8)17;;/h1-3,11,16H,4-7H2;2*1H/t11-;;/m1../s1. The third kappa shape index (κ3) is 2.84. The normalized spacial score (nSPS) is 21.9. The van der Waals surface area contributed by atoms with Gasteiger partial charge in [-0.1, -0.05) is 12.1 Å². The van der Waals surface area contributed by atoms with Gasteiger partial charge in [0, 0.05) is 32.2 Å². The third-order valence-electron chi connectivity index (χ3n) is 3.59. The highest BCUT2D eigenvalue weighted by Crippen LogP contribution is 2.41. The summed E-state index contributed by atoms with van der Waals surface area (Å²) in [5, 5.41) is 3.23. The zero-order valence-corrected chi connectivity index (χ0v) is 11.7. The maximum absolute atomic E-state index is 12.9. The van der Waals surface area contributed by atoms with Crippen LogP contribution in [0.2, 0.25) is 0 Å². The van der Waals surface area contributed by atoms with Crippen molar-refractivity contribution in [2.75, 3.05) is 19.6 Å². The second-order valence-corrected chi connectivity index (χ2v) is 4.56. The summed E-state index contributed by atoms with van der Waals surface area (Å²) >= 11 is 0. The molecule has 1 atom stereocenters. The summed E-state index contributed by atoms with van der Waals surface area (Å²) in [6, 6.07) is 4.63. The van der Waals surface area contributed by atoms with E-state index in [2.05, 4.69) is 10.2 Å². The first-order valence-electron chi connectivity index (χ1n) is 5.71. The van der Waals surface area contributed by atoms with E-state index in [1.165, 1.54) is 12.1 Å². The van der Waals surface area contributed by atoms with E-state index < -0.39 is 11.7 Å². The fourth-order valence-corrected chi connectivity index (χ4v) is 2.80. The van der Waals surface area contributed by atoms with Gasteiger partial charge in [-0.3, -0.25) is 4.90 Å². The maximum atomic E-state index is 12.9. The molecule has 108 valence electrons. The Bertz CT molecular complexity index is 451. The minimum Gasteiger partial charge on any atom is -0.314 e. The zero-order valence-electron chi connectivity index (χ0n) is 10.0. The van der Waals surface area contributed by atoms with Gasteiger partial charge in [-0.15, -0.1) is 24.8 Å². The van der Waals surface area contributed by atoms with Gasteiger partial charge in [0.05, 0.1) is 5.56 Å². The van der Waals surface area contributed by atoms with Gasteiger partial charge in [0.2, 0.25) is 0 Å². The van der Waals surface area contributed by atoms with Gasteiger partial charge in [-0.2, -0.15) is 13.2 Å². The molecule has 0 radical (unpaired) electrons. The molecule has 2 aliphatic heterocycles. The lowest BCUT2D eigenvalue weighted by Gasteiger charge is -2.30. The lowest BCUT2D eigenvalue weighted by Crippen LogP contribution is -2.42. The van der Waals surface area contributed by atoms with Crippen LogP contribution in [0.1, 0.15) is 22.7 Å². The van der Waals surface area contributed by atoms with Crippen molar-refractivity contribution in [1.82, 2.24) is 10.2 Å². The number of halogens is 5. The van der Waals surface area contributed by atoms with Crippen molar-refractivity contribution in [3.8, 4) is 0 Å². The molecular weight excluding hydrogens is 300 g/mol. The van der Waals surface area contributed by atoms with Crippen molar-refractivity contribution in [2.45, 2.75) is 18.8 Å². The van der Waals surface area contributed by atoms with Crippen molar-refractivity contribution < 1.29 is 13.2 Å². The summed E-state index contributed by atoms with van der Waals surface area (Å²) in [5.74, 6) is 0. The van der Waals surface area contributed by atoms with Gasteiger partial charge in [-0.05, 0) is 17.2 Å². The van der Waals surface area contributed by atoms with E-state index in [9.17, 15) is 13.2 Å². The van der Waals surface area contributed by atoms with Gasteiger partial charge in [-0.25, -0.2) is 0 Å². The Hall–Kier alpha value is -0.490. The highest BCUT2D eigenvalue weighted by molar-refractivity contribution is 5.85. The molecule has 0 unspecified atom stereocenters. The van der Waals surface area contributed by atoms with Crippen molar-refractivity contribution in [3.63, 3.8) is 0 Å². The molecule has 0 aliphatic carbocycles. The van der Waals surface area contributed by atoms with E-state index in [1.807, 2.05) is 6.07 Å². The van der Waals surface area contributed by atoms with Crippen molar-refractivity contribution in [2.24, 2.45) is 0 Å². The lowest BCUT2D eigenvalue weighted by molar-refractivity contribution is -0.138. The molecule has 7 heteroatoms. The van der Waals surface area contributed by atoms with Crippen molar-refractivity contribution in [1.29, 1.82) is 0 Å². The van der Waals surface area contributed by atoms with Crippen molar-refractivity contribution >= 4 is 24.8 Å². The molecule has 0 amide bonds. The number of benzene rings is 1. The molecule has 2 aliphatic rings. The van der Waals surface area contributed by atoms with E-state index in [1.54, 1.807) is 0 Å².